The lowest BCUT2D eigenvalue weighted by Gasteiger charge is -2.21. The van der Waals surface area contributed by atoms with E-state index in [1.165, 1.54) is 0 Å². The molecule has 1 aromatic carbocycles. The van der Waals surface area contributed by atoms with Gasteiger partial charge in [0.1, 0.15) is 5.75 Å². The number of hydrogen-bond donors (Lipinski definition) is 2. The molecule has 0 radical (unpaired) electrons. The van der Waals surface area contributed by atoms with E-state index in [4.69, 9.17) is 4.74 Å². The van der Waals surface area contributed by atoms with E-state index in [-0.39, 0.29) is 11.4 Å². The first-order chi connectivity index (χ1) is 8.89. The Kier molecular flexibility index (Phi) is 5.36. The summed E-state index contributed by atoms with van der Waals surface area (Å²) in [6.07, 6.45) is 0.758. The number of carbonyl (C=O) groups is 1. The fourth-order valence-corrected chi connectivity index (χ4v) is 1.75. The molecule has 0 aromatic heterocycles. The number of nitrogens with one attached hydrogen (secondary N) is 2. The molecule has 0 bridgehead atoms. The zero-order valence-corrected chi connectivity index (χ0v) is 12.5. The van der Waals surface area contributed by atoms with Crippen molar-refractivity contribution in [1.82, 2.24) is 10.9 Å². The summed E-state index contributed by atoms with van der Waals surface area (Å²) >= 11 is 0. The van der Waals surface area contributed by atoms with E-state index in [2.05, 4.69) is 10.9 Å². The summed E-state index contributed by atoms with van der Waals surface area (Å²) < 4.78 is 5.56. The molecule has 19 heavy (non-hydrogen) atoms. The second kappa shape index (κ2) is 6.57. The SMILES string of the molecule is CCOc1cccc(C(=O)NNC(C)(C)C)c1CC. The Balaban J connectivity index is 2.93. The largest absolute Gasteiger partial charge is 0.494 e. The number of ether oxygens (including phenoxy) is 1. The standard InChI is InChI=1S/C15H24N2O2/c1-6-11-12(9-8-10-13(11)19-7-2)14(18)16-17-15(3,4)5/h8-10,17H,6-7H2,1-5H3,(H,16,18). The predicted molar refractivity (Wildman–Crippen MR) is 77.3 cm³/mol. The van der Waals surface area contributed by atoms with Crippen LogP contribution in [0, 0.1) is 0 Å². The topological polar surface area (TPSA) is 50.4 Å². The monoisotopic (exact) mass is 264 g/mol. The van der Waals surface area contributed by atoms with Gasteiger partial charge in [-0.25, -0.2) is 5.43 Å². The van der Waals surface area contributed by atoms with Crippen LogP contribution in [0.2, 0.25) is 0 Å². The minimum absolute atomic E-state index is 0.131. The van der Waals surface area contributed by atoms with Crippen LogP contribution in [0.4, 0.5) is 0 Å². The molecule has 0 saturated heterocycles. The van der Waals surface area contributed by atoms with Gasteiger partial charge in [0, 0.05) is 16.7 Å². The molecule has 0 atom stereocenters. The summed E-state index contributed by atoms with van der Waals surface area (Å²) in [5.74, 6) is 0.654. The van der Waals surface area contributed by atoms with Crippen LogP contribution in [0.1, 0.15) is 50.5 Å². The van der Waals surface area contributed by atoms with Crippen molar-refractivity contribution in [2.24, 2.45) is 0 Å². The molecule has 1 aromatic rings. The van der Waals surface area contributed by atoms with Crippen molar-refractivity contribution < 1.29 is 9.53 Å². The van der Waals surface area contributed by atoms with Crippen LogP contribution in [-0.2, 0) is 6.42 Å². The lowest BCUT2D eigenvalue weighted by molar-refractivity contribution is 0.0913. The summed E-state index contributed by atoms with van der Waals surface area (Å²) in [5, 5.41) is 0. The smallest absolute Gasteiger partial charge is 0.265 e. The van der Waals surface area contributed by atoms with E-state index in [9.17, 15) is 4.79 Å². The first kappa shape index (κ1) is 15.5. The third kappa shape index (κ3) is 4.56. The maximum atomic E-state index is 12.2. The zero-order valence-electron chi connectivity index (χ0n) is 12.5. The average molecular weight is 264 g/mol. The quantitative estimate of drug-likeness (QED) is 0.804. The molecular formula is C15H24N2O2. The van der Waals surface area contributed by atoms with Gasteiger partial charge in [0.2, 0.25) is 0 Å². The van der Waals surface area contributed by atoms with Crippen LogP contribution in [0.15, 0.2) is 18.2 Å². The Labute approximate surface area is 115 Å². The number of rotatable bonds is 5. The van der Waals surface area contributed by atoms with E-state index in [1.54, 1.807) is 0 Å². The molecule has 0 saturated carbocycles. The first-order valence-electron chi connectivity index (χ1n) is 6.71. The minimum atomic E-state index is -0.167. The van der Waals surface area contributed by atoms with Crippen molar-refractivity contribution in [1.29, 1.82) is 0 Å². The average Bonchev–Trinajstić information content (AvgIpc) is 2.35. The molecule has 2 N–H and O–H groups in total. The maximum absolute atomic E-state index is 12.2. The lowest BCUT2D eigenvalue weighted by atomic mass is 10.0. The molecule has 0 aliphatic heterocycles. The summed E-state index contributed by atoms with van der Waals surface area (Å²) in [6, 6.07) is 5.56. The van der Waals surface area contributed by atoms with Gasteiger partial charge in [-0.05, 0) is 46.2 Å². The van der Waals surface area contributed by atoms with Crippen LogP contribution in [-0.4, -0.2) is 18.1 Å². The van der Waals surface area contributed by atoms with Gasteiger partial charge < -0.3 is 4.74 Å². The van der Waals surface area contributed by atoms with Gasteiger partial charge in [-0.1, -0.05) is 13.0 Å². The fraction of sp³-hybridized carbons (Fsp3) is 0.533. The Morgan fingerprint density at radius 3 is 2.47 bits per heavy atom. The Hall–Kier alpha value is -1.55. The zero-order chi connectivity index (χ0) is 14.5. The molecule has 0 heterocycles. The number of hydrogen-bond acceptors (Lipinski definition) is 3. The molecule has 1 amide bonds. The summed E-state index contributed by atoms with van der Waals surface area (Å²) in [4.78, 5) is 12.2. The van der Waals surface area contributed by atoms with Gasteiger partial charge in [-0.15, -0.1) is 0 Å². The van der Waals surface area contributed by atoms with Gasteiger partial charge in [0.15, 0.2) is 0 Å². The number of benzene rings is 1. The van der Waals surface area contributed by atoms with Crippen LogP contribution in [0.25, 0.3) is 0 Å². The predicted octanol–water partition coefficient (Wildman–Crippen LogP) is 2.68. The number of hydrazine groups is 1. The minimum Gasteiger partial charge on any atom is -0.494 e. The van der Waals surface area contributed by atoms with Gasteiger partial charge in [-0.2, -0.15) is 0 Å². The van der Waals surface area contributed by atoms with E-state index < -0.39 is 0 Å². The molecule has 4 heteroatoms. The number of carbonyl (C=O) groups excluding carboxylic acids is 1. The second-order valence-corrected chi connectivity index (χ2v) is 5.40. The Bertz CT molecular complexity index is 436. The normalized spacial score (nSPS) is 11.2. The lowest BCUT2D eigenvalue weighted by Crippen LogP contribution is -2.48. The highest BCUT2D eigenvalue weighted by molar-refractivity contribution is 5.96. The molecule has 0 spiro atoms. The number of amides is 1. The highest BCUT2D eigenvalue weighted by atomic mass is 16.5. The molecule has 0 unspecified atom stereocenters. The Morgan fingerprint density at radius 2 is 1.95 bits per heavy atom. The van der Waals surface area contributed by atoms with E-state index in [1.807, 2.05) is 52.8 Å². The molecular weight excluding hydrogens is 240 g/mol. The van der Waals surface area contributed by atoms with E-state index in [0.717, 1.165) is 17.7 Å². The molecule has 0 aliphatic rings. The molecule has 106 valence electrons. The van der Waals surface area contributed by atoms with Crippen LogP contribution < -0.4 is 15.6 Å². The van der Waals surface area contributed by atoms with Crippen LogP contribution >= 0.6 is 0 Å². The highest BCUT2D eigenvalue weighted by Crippen LogP contribution is 2.23. The first-order valence-corrected chi connectivity index (χ1v) is 6.71. The van der Waals surface area contributed by atoms with Gasteiger partial charge in [-0.3, -0.25) is 10.2 Å². The third-order valence-corrected chi connectivity index (χ3v) is 2.58. The van der Waals surface area contributed by atoms with E-state index >= 15 is 0 Å². The molecule has 4 nitrogen and oxygen atoms in total. The van der Waals surface area contributed by atoms with Crippen molar-refractivity contribution in [3.63, 3.8) is 0 Å². The Morgan fingerprint density at radius 1 is 1.26 bits per heavy atom. The van der Waals surface area contributed by atoms with Gasteiger partial charge in [0.05, 0.1) is 6.61 Å². The van der Waals surface area contributed by atoms with Gasteiger partial charge in [0.25, 0.3) is 5.91 Å². The van der Waals surface area contributed by atoms with Crippen molar-refractivity contribution in [2.75, 3.05) is 6.61 Å². The van der Waals surface area contributed by atoms with Crippen LogP contribution in [0.5, 0.6) is 5.75 Å². The summed E-state index contributed by atoms with van der Waals surface area (Å²) in [7, 11) is 0. The fourth-order valence-electron chi connectivity index (χ4n) is 1.75. The summed E-state index contributed by atoms with van der Waals surface area (Å²) in [6.45, 7) is 10.5. The van der Waals surface area contributed by atoms with Crippen molar-refractivity contribution in [3.05, 3.63) is 29.3 Å². The van der Waals surface area contributed by atoms with Crippen molar-refractivity contribution in [3.8, 4) is 5.75 Å². The third-order valence-electron chi connectivity index (χ3n) is 2.58. The van der Waals surface area contributed by atoms with Crippen LogP contribution in [0.3, 0.4) is 0 Å². The van der Waals surface area contributed by atoms with Crippen molar-refractivity contribution >= 4 is 5.91 Å². The highest BCUT2D eigenvalue weighted by Gasteiger charge is 2.16. The summed E-state index contributed by atoms with van der Waals surface area (Å²) in [5.41, 5.74) is 7.15. The van der Waals surface area contributed by atoms with Crippen molar-refractivity contribution in [2.45, 2.75) is 46.6 Å². The molecule has 1 rings (SSSR count). The van der Waals surface area contributed by atoms with E-state index in [0.29, 0.717) is 12.2 Å². The molecule has 0 aliphatic carbocycles. The molecule has 0 fully saturated rings. The maximum Gasteiger partial charge on any atom is 0.265 e. The van der Waals surface area contributed by atoms with Gasteiger partial charge >= 0.3 is 0 Å². The second-order valence-electron chi connectivity index (χ2n) is 5.40.